The van der Waals surface area contributed by atoms with Crippen LogP contribution in [-0.2, 0) is 16.2 Å². The van der Waals surface area contributed by atoms with Gasteiger partial charge in [-0.2, -0.15) is 13.2 Å². The van der Waals surface area contributed by atoms with Crippen molar-refractivity contribution in [2.24, 2.45) is 0 Å². The van der Waals surface area contributed by atoms with Gasteiger partial charge in [-0.25, -0.2) is 8.42 Å². The highest BCUT2D eigenvalue weighted by atomic mass is 32.2. The average Bonchev–Trinajstić information content (AvgIpc) is 2.38. The number of halogens is 3. The van der Waals surface area contributed by atoms with Crippen molar-refractivity contribution in [1.29, 1.82) is 0 Å². The van der Waals surface area contributed by atoms with Gasteiger partial charge < -0.3 is 0 Å². The Morgan fingerprint density at radius 2 is 1.55 bits per heavy atom. The molecule has 0 heterocycles. The first-order valence-electron chi connectivity index (χ1n) is 5.54. The van der Waals surface area contributed by atoms with Gasteiger partial charge in [0.1, 0.15) is 0 Å². The monoisotopic (exact) mass is 301 g/mol. The summed E-state index contributed by atoms with van der Waals surface area (Å²) >= 11 is 0. The van der Waals surface area contributed by atoms with E-state index in [9.17, 15) is 21.6 Å². The molecule has 0 aromatic heterocycles. The summed E-state index contributed by atoms with van der Waals surface area (Å²) in [5.41, 5.74) is -1.05. The highest BCUT2D eigenvalue weighted by molar-refractivity contribution is 7.92. The predicted octanol–water partition coefficient (Wildman–Crippen LogP) is 3.51. The van der Waals surface area contributed by atoms with Gasteiger partial charge in [-0.3, -0.25) is 4.72 Å². The summed E-state index contributed by atoms with van der Waals surface area (Å²) in [6, 6.07) is 11.4. The molecule has 0 amide bonds. The molecule has 0 spiro atoms. The second-order valence-corrected chi connectivity index (χ2v) is 5.68. The van der Waals surface area contributed by atoms with E-state index >= 15 is 0 Å². The largest absolute Gasteiger partial charge is 0.416 e. The van der Waals surface area contributed by atoms with Gasteiger partial charge in [0.25, 0.3) is 10.0 Å². The molecule has 1 N–H and O–H groups in total. The molecule has 0 aliphatic rings. The van der Waals surface area contributed by atoms with E-state index < -0.39 is 21.8 Å². The fourth-order valence-corrected chi connectivity index (χ4v) is 2.64. The maximum Gasteiger partial charge on any atom is 0.416 e. The quantitative estimate of drug-likeness (QED) is 0.943. The fourth-order valence-electron chi connectivity index (χ4n) is 1.57. The number of sulfonamides is 1. The van der Waals surface area contributed by atoms with Crippen molar-refractivity contribution in [1.82, 2.24) is 0 Å². The van der Waals surface area contributed by atoms with Crippen LogP contribution in [0.1, 0.15) is 5.56 Å². The highest BCUT2D eigenvalue weighted by Crippen LogP contribution is 2.31. The third-order valence-corrected chi connectivity index (χ3v) is 3.89. The van der Waals surface area contributed by atoms with E-state index in [2.05, 4.69) is 4.72 Å². The Kier molecular flexibility index (Phi) is 3.71. The van der Waals surface area contributed by atoms with E-state index in [-0.39, 0.29) is 10.6 Å². The molecule has 20 heavy (non-hydrogen) atoms. The number of benzene rings is 2. The molecular formula is C13H10F3NO2S. The summed E-state index contributed by atoms with van der Waals surface area (Å²) in [7, 11) is -3.89. The molecule has 0 saturated carbocycles. The normalized spacial score (nSPS) is 12.2. The number of anilines is 1. The van der Waals surface area contributed by atoms with Gasteiger partial charge in [0, 0.05) is 5.69 Å². The van der Waals surface area contributed by atoms with Crippen LogP contribution in [0, 0.1) is 0 Å². The zero-order valence-electron chi connectivity index (χ0n) is 10.1. The standard InChI is InChI=1S/C13H10F3NO2S/c14-13(15,16)10-5-4-6-11(9-10)17-20(18,19)12-7-2-1-3-8-12/h1-9,17H. The summed E-state index contributed by atoms with van der Waals surface area (Å²) in [5, 5.41) is 0. The van der Waals surface area contributed by atoms with Crippen molar-refractivity contribution in [2.45, 2.75) is 11.1 Å². The second-order valence-electron chi connectivity index (χ2n) is 4.00. The maximum atomic E-state index is 12.5. The van der Waals surface area contributed by atoms with Crippen molar-refractivity contribution in [2.75, 3.05) is 4.72 Å². The van der Waals surface area contributed by atoms with E-state index in [4.69, 9.17) is 0 Å². The Balaban J connectivity index is 2.31. The zero-order chi connectivity index (χ0) is 14.8. The molecule has 2 aromatic carbocycles. The summed E-state index contributed by atoms with van der Waals surface area (Å²) in [6.45, 7) is 0. The number of rotatable bonds is 3. The molecule has 0 fully saturated rings. The third kappa shape index (κ3) is 3.30. The van der Waals surface area contributed by atoms with E-state index in [1.54, 1.807) is 6.07 Å². The molecule has 106 valence electrons. The first-order valence-corrected chi connectivity index (χ1v) is 7.02. The Morgan fingerprint density at radius 1 is 0.900 bits per heavy atom. The van der Waals surface area contributed by atoms with Crippen LogP contribution < -0.4 is 4.72 Å². The van der Waals surface area contributed by atoms with Crippen molar-refractivity contribution in [3.63, 3.8) is 0 Å². The summed E-state index contributed by atoms with van der Waals surface area (Å²) in [5.74, 6) is 0. The van der Waals surface area contributed by atoms with Crippen LogP contribution >= 0.6 is 0 Å². The lowest BCUT2D eigenvalue weighted by molar-refractivity contribution is -0.137. The molecule has 0 saturated heterocycles. The summed E-state index contributed by atoms with van der Waals surface area (Å²) in [4.78, 5) is -0.0163. The minimum Gasteiger partial charge on any atom is -0.280 e. The summed E-state index contributed by atoms with van der Waals surface area (Å²) in [6.07, 6.45) is -4.52. The van der Waals surface area contributed by atoms with E-state index in [0.717, 1.165) is 18.2 Å². The molecule has 0 aliphatic heterocycles. The topological polar surface area (TPSA) is 46.2 Å². The molecule has 0 atom stereocenters. The number of nitrogens with one attached hydrogen (secondary N) is 1. The molecule has 7 heteroatoms. The van der Waals surface area contributed by atoms with Crippen LogP contribution in [0.2, 0.25) is 0 Å². The van der Waals surface area contributed by atoms with Gasteiger partial charge in [0.05, 0.1) is 10.5 Å². The molecular weight excluding hydrogens is 291 g/mol. The van der Waals surface area contributed by atoms with Gasteiger partial charge in [0.15, 0.2) is 0 Å². The zero-order valence-corrected chi connectivity index (χ0v) is 10.9. The Labute approximate surface area is 114 Å². The Morgan fingerprint density at radius 3 is 2.15 bits per heavy atom. The molecule has 0 aliphatic carbocycles. The van der Waals surface area contributed by atoms with E-state index in [1.165, 1.54) is 30.3 Å². The van der Waals surface area contributed by atoms with Crippen molar-refractivity contribution in [3.8, 4) is 0 Å². The van der Waals surface area contributed by atoms with Crippen LogP contribution in [0.5, 0.6) is 0 Å². The van der Waals surface area contributed by atoms with Crippen molar-refractivity contribution < 1.29 is 21.6 Å². The van der Waals surface area contributed by atoms with E-state index in [0.29, 0.717) is 0 Å². The summed E-state index contributed by atoms with van der Waals surface area (Å²) < 4.78 is 63.7. The minimum absolute atomic E-state index is 0.0163. The van der Waals surface area contributed by atoms with Crippen LogP contribution in [0.15, 0.2) is 59.5 Å². The van der Waals surface area contributed by atoms with Crippen LogP contribution in [0.3, 0.4) is 0 Å². The third-order valence-electron chi connectivity index (χ3n) is 2.50. The van der Waals surface area contributed by atoms with Crippen LogP contribution in [-0.4, -0.2) is 8.42 Å². The second kappa shape index (κ2) is 5.16. The van der Waals surface area contributed by atoms with Crippen molar-refractivity contribution >= 4 is 15.7 Å². The maximum absolute atomic E-state index is 12.5. The van der Waals surface area contributed by atoms with Gasteiger partial charge in [-0.1, -0.05) is 24.3 Å². The molecule has 3 nitrogen and oxygen atoms in total. The fraction of sp³-hybridized carbons (Fsp3) is 0.0769. The number of hydrogen-bond donors (Lipinski definition) is 1. The Hall–Kier alpha value is -2.02. The van der Waals surface area contributed by atoms with E-state index in [1.807, 2.05) is 0 Å². The van der Waals surface area contributed by atoms with Crippen LogP contribution in [0.25, 0.3) is 0 Å². The van der Waals surface area contributed by atoms with Gasteiger partial charge >= 0.3 is 6.18 Å². The lowest BCUT2D eigenvalue weighted by Crippen LogP contribution is -2.13. The number of alkyl halides is 3. The SMILES string of the molecule is O=S(=O)(Nc1cccc(C(F)(F)F)c1)c1ccccc1. The molecule has 0 bridgehead atoms. The lowest BCUT2D eigenvalue weighted by atomic mass is 10.2. The average molecular weight is 301 g/mol. The smallest absolute Gasteiger partial charge is 0.280 e. The van der Waals surface area contributed by atoms with Gasteiger partial charge in [-0.15, -0.1) is 0 Å². The first kappa shape index (κ1) is 14.4. The predicted molar refractivity (Wildman–Crippen MR) is 68.7 cm³/mol. The Bertz CT molecular complexity index is 697. The van der Waals surface area contributed by atoms with Gasteiger partial charge in [-0.05, 0) is 30.3 Å². The number of hydrogen-bond acceptors (Lipinski definition) is 2. The molecule has 0 radical (unpaired) electrons. The lowest BCUT2D eigenvalue weighted by Gasteiger charge is -2.11. The van der Waals surface area contributed by atoms with Crippen LogP contribution in [0.4, 0.5) is 18.9 Å². The first-order chi connectivity index (χ1) is 9.29. The molecule has 2 aromatic rings. The minimum atomic E-state index is -4.52. The molecule has 2 rings (SSSR count). The molecule has 0 unspecified atom stereocenters. The highest BCUT2D eigenvalue weighted by Gasteiger charge is 2.30. The van der Waals surface area contributed by atoms with Gasteiger partial charge in [0.2, 0.25) is 0 Å². The van der Waals surface area contributed by atoms with Crippen molar-refractivity contribution in [3.05, 3.63) is 60.2 Å².